The fourth-order valence-corrected chi connectivity index (χ4v) is 6.32. The number of hydrogen-bond acceptors (Lipinski definition) is 8. The molecule has 0 amide bonds. The number of sulfone groups is 1. The van der Waals surface area contributed by atoms with Crippen LogP contribution >= 0.6 is 21.6 Å². The molecule has 2 N–H and O–H groups in total. The second kappa shape index (κ2) is 6.58. The molecule has 0 radical (unpaired) electrons. The second-order valence-electron chi connectivity index (χ2n) is 2.65. The molecule has 0 aliphatic carbocycles. The Bertz CT molecular complexity index is 482. The van der Waals surface area contributed by atoms with Crippen LogP contribution < -0.4 is 0 Å². The maximum atomic E-state index is 11.2. The summed E-state index contributed by atoms with van der Waals surface area (Å²) in [6, 6.07) is 0. The smallest absolute Gasteiger partial charge is 0.277 e. The first-order chi connectivity index (χ1) is 7.41. The topological polar surface area (TPSA) is 143 Å². The molecule has 0 aromatic rings. The molecule has 0 heterocycles. The van der Waals surface area contributed by atoms with E-state index in [0.717, 1.165) is 0 Å². The Morgan fingerprint density at radius 3 is 1.24 bits per heavy atom. The summed E-state index contributed by atoms with van der Waals surface area (Å²) in [6.45, 7) is 0. The Balaban J connectivity index is 4.06. The highest BCUT2D eigenvalue weighted by atomic mass is 33.2. The Labute approximate surface area is 107 Å². The minimum Gasteiger partial charge on any atom is -0.277 e. The van der Waals surface area contributed by atoms with Crippen molar-refractivity contribution in [1.82, 2.24) is 0 Å². The Hall–Kier alpha value is 0.470. The van der Waals surface area contributed by atoms with Gasteiger partial charge in [0.25, 0.3) is 0 Å². The Kier molecular flexibility index (Phi) is 6.76. The van der Waals surface area contributed by atoms with Crippen molar-refractivity contribution in [2.45, 2.75) is 0 Å². The molecule has 13 heteroatoms. The van der Waals surface area contributed by atoms with Crippen LogP contribution in [0.25, 0.3) is 0 Å². The highest BCUT2D eigenvalue weighted by Crippen LogP contribution is 2.12. The van der Waals surface area contributed by atoms with Crippen LogP contribution in [-0.2, 0) is 28.1 Å². The summed E-state index contributed by atoms with van der Waals surface area (Å²) in [5.74, 6) is -1.72. The van der Waals surface area contributed by atoms with Gasteiger partial charge in [0.2, 0.25) is 0 Å². The standard InChI is InChI=1S/C4H10O8S5/c5-15(6,3-1-13-16(7,8)9)4-2-14-17(10,11)12/h1-4H2,(H,7,8,9)(H,10,11,12). The Morgan fingerprint density at radius 2 is 1.00 bits per heavy atom. The minimum absolute atomic E-state index is 0.0736. The molecule has 0 unspecified atom stereocenters. The molecular formula is C4H10O8S5. The largest absolute Gasteiger partial charge is 0.319 e. The molecule has 0 aliphatic heterocycles. The normalized spacial score (nSPS) is 13.8. The highest BCUT2D eigenvalue weighted by Gasteiger charge is 2.15. The van der Waals surface area contributed by atoms with Gasteiger partial charge in [-0.2, -0.15) is 16.8 Å². The summed E-state index contributed by atoms with van der Waals surface area (Å²) in [5, 5.41) is 0. The molecule has 0 fully saturated rings. The van der Waals surface area contributed by atoms with Crippen LogP contribution in [0.3, 0.4) is 0 Å². The van der Waals surface area contributed by atoms with Crippen LogP contribution in [0.15, 0.2) is 0 Å². The van der Waals surface area contributed by atoms with Gasteiger partial charge in [0.15, 0.2) is 9.84 Å². The van der Waals surface area contributed by atoms with Crippen molar-refractivity contribution < 1.29 is 34.4 Å². The molecule has 0 rings (SSSR count). The molecule has 8 nitrogen and oxygen atoms in total. The lowest BCUT2D eigenvalue weighted by Crippen LogP contribution is -2.15. The van der Waals surface area contributed by atoms with E-state index in [1.165, 1.54) is 0 Å². The summed E-state index contributed by atoms with van der Waals surface area (Å²) in [7, 11) is -12.0. The quantitative estimate of drug-likeness (QED) is 0.435. The van der Waals surface area contributed by atoms with Crippen LogP contribution in [0, 0.1) is 0 Å². The van der Waals surface area contributed by atoms with Crippen molar-refractivity contribution in [1.29, 1.82) is 0 Å². The predicted octanol–water partition coefficient (Wildman–Crippen LogP) is -0.527. The number of rotatable bonds is 8. The van der Waals surface area contributed by atoms with Crippen LogP contribution in [0.1, 0.15) is 0 Å². The minimum atomic E-state index is -4.28. The third kappa shape index (κ3) is 12.7. The lowest BCUT2D eigenvalue weighted by Gasteiger charge is -2.01. The van der Waals surface area contributed by atoms with Gasteiger partial charge >= 0.3 is 18.3 Å². The van der Waals surface area contributed by atoms with Crippen molar-refractivity contribution in [3.8, 4) is 0 Å². The maximum absolute atomic E-state index is 11.2. The first kappa shape index (κ1) is 17.5. The Morgan fingerprint density at radius 1 is 0.706 bits per heavy atom. The first-order valence-electron chi connectivity index (χ1n) is 3.85. The summed E-state index contributed by atoms with van der Waals surface area (Å²) >= 11 is 0. The molecule has 0 aliphatic rings. The van der Waals surface area contributed by atoms with Gasteiger partial charge in [-0.1, -0.05) is 0 Å². The van der Waals surface area contributed by atoms with E-state index in [4.69, 9.17) is 9.11 Å². The molecule has 104 valence electrons. The van der Waals surface area contributed by atoms with E-state index in [1.54, 1.807) is 0 Å². The van der Waals surface area contributed by atoms with E-state index >= 15 is 0 Å². The summed E-state index contributed by atoms with van der Waals surface area (Å²) < 4.78 is 80.2. The van der Waals surface area contributed by atoms with E-state index in [2.05, 4.69) is 0 Å². The number of hydrogen-bond donors (Lipinski definition) is 2. The van der Waals surface area contributed by atoms with E-state index in [-0.39, 0.29) is 33.1 Å². The third-order valence-corrected chi connectivity index (χ3v) is 7.55. The van der Waals surface area contributed by atoms with Gasteiger partial charge in [0.1, 0.15) is 0 Å². The van der Waals surface area contributed by atoms with E-state index < -0.39 is 39.6 Å². The van der Waals surface area contributed by atoms with E-state index in [0.29, 0.717) is 0 Å². The zero-order chi connectivity index (χ0) is 13.7. The lowest BCUT2D eigenvalue weighted by molar-refractivity contribution is 0.501. The van der Waals surface area contributed by atoms with Gasteiger partial charge in [-0.15, -0.1) is 0 Å². The van der Waals surface area contributed by atoms with Crippen LogP contribution in [0.2, 0.25) is 0 Å². The van der Waals surface area contributed by atoms with Crippen LogP contribution in [-0.4, -0.2) is 57.4 Å². The molecule has 0 saturated heterocycles. The van der Waals surface area contributed by atoms with Gasteiger partial charge in [0, 0.05) is 11.5 Å². The summed E-state index contributed by atoms with van der Waals surface area (Å²) in [6.07, 6.45) is 0. The van der Waals surface area contributed by atoms with Crippen molar-refractivity contribution in [2.24, 2.45) is 0 Å². The predicted molar refractivity (Wildman–Crippen MR) is 66.7 cm³/mol. The van der Waals surface area contributed by atoms with Crippen LogP contribution in [0.4, 0.5) is 0 Å². The van der Waals surface area contributed by atoms with Crippen LogP contribution in [0.5, 0.6) is 0 Å². The van der Waals surface area contributed by atoms with Gasteiger partial charge in [-0.05, 0) is 21.6 Å². The molecule has 0 aromatic heterocycles. The van der Waals surface area contributed by atoms with E-state index in [1.807, 2.05) is 0 Å². The average molecular weight is 346 g/mol. The molecule has 0 aromatic carbocycles. The fourth-order valence-electron chi connectivity index (χ4n) is 0.635. The van der Waals surface area contributed by atoms with Gasteiger partial charge < -0.3 is 0 Å². The molecule has 0 bridgehead atoms. The van der Waals surface area contributed by atoms with E-state index in [9.17, 15) is 25.3 Å². The highest BCUT2D eigenvalue weighted by molar-refractivity contribution is 8.70. The zero-order valence-electron chi connectivity index (χ0n) is 8.21. The van der Waals surface area contributed by atoms with Crippen molar-refractivity contribution in [3.63, 3.8) is 0 Å². The molecule has 0 spiro atoms. The van der Waals surface area contributed by atoms with Crippen molar-refractivity contribution in [3.05, 3.63) is 0 Å². The fraction of sp³-hybridized carbons (Fsp3) is 1.00. The zero-order valence-corrected chi connectivity index (χ0v) is 12.3. The van der Waals surface area contributed by atoms with Crippen molar-refractivity contribution >= 4 is 49.7 Å². The van der Waals surface area contributed by atoms with Gasteiger partial charge in [-0.3, -0.25) is 9.11 Å². The second-order valence-corrected chi connectivity index (χ2v) is 11.9. The maximum Gasteiger partial charge on any atom is 0.319 e. The monoisotopic (exact) mass is 346 g/mol. The summed E-state index contributed by atoms with van der Waals surface area (Å²) in [5.41, 5.74) is 0. The molecule has 0 atom stereocenters. The average Bonchev–Trinajstić information content (AvgIpc) is 1.96. The van der Waals surface area contributed by atoms with Gasteiger partial charge in [-0.25, -0.2) is 8.42 Å². The molecule has 0 saturated carbocycles. The van der Waals surface area contributed by atoms with Crippen molar-refractivity contribution in [2.75, 3.05) is 23.0 Å². The SMILES string of the molecule is O=S(=O)(CCSS(=O)(=O)O)CCSS(=O)(=O)O. The van der Waals surface area contributed by atoms with Gasteiger partial charge in [0.05, 0.1) is 11.5 Å². The molecular weight excluding hydrogens is 336 g/mol. The lowest BCUT2D eigenvalue weighted by atomic mass is 10.9. The first-order valence-corrected chi connectivity index (χ1v) is 11.6. The summed E-state index contributed by atoms with van der Waals surface area (Å²) in [4.78, 5) is 0. The molecule has 17 heavy (non-hydrogen) atoms. The third-order valence-electron chi connectivity index (χ3n) is 1.25.